The predicted octanol–water partition coefficient (Wildman–Crippen LogP) is 4.27. The van der Waals surface area contributed by atoms with Gasteiger partial charge in [-0.3, -0.25) is 4.79 Å². The Morgan fingerprint density at radius 1 is 1.18 bits per heavy atom. The number of hydrogen-bond donors (Lipinski definition) is 1. The van der Waals surface area contributed by atoms with E-state index in [1.54, 1.807) is 7.11 Å². The summed E-state index contributed by atoms with van der Waals surface area (Å²) in [5.74, 6) is 1.96. The SMILES string of the molecule is COc1ccccc1NC(=O)C(C)Sc1nc(C2CC2)n(-c2ccccc2)n1. The minimum absolute atomic E-state index is 0.112. The molecule has 1 N–H and O–H groups in total. The van der Waals surface area contributed by atoms with Crippen LogP contribution in [0.2, 0.25) is 0 Å². The van der Waals surface area contributed by atoms with E-state index in [4.69, 9.17) is 9.72 Å². The van der Waals surface area contributed by atoms with Gasteiger partial charge in [-0.2, -0.15) is 0 Å². The quantitative estimate of drug-likeness (QED) is 0.606. The Morgan fingerprint density at radius 2 is 1.89 bits per heavy atom. The second-order valence-corrected chi connectivity index (χ2v) is 8.03. The largest absolute Gasteiger partial charge is 0.495 e. The fourth-order valence-corrected chi connectivity index (χ4v) is 3.67. The van der Waals surface area contributed by atoms with Gasteiger partial charge in [0.2, 0.25) is 11.1 Å². The fraction of sp³-hybridized carbons (Fsp3) is 0.286. The summed E-state index contributed by atoms with van der Waals surface area (Å²) in [6.07, 6.45) is 2.28. The summed E-state index contributed by atoms with van der Waals surface area (Å²) in [4.78, 5) is 17.4. The van der Waals surface area contributed by atoms with Crippen molar-refractivity contribution in [1.29, 1.82) is 0 Å². The van der Waals surface area contributed by atoms with E-state index in [0.29, 0.717) is 22.5 Å². The number of methoxy groups -OCH3 is 1. The molecule has 1 saturated carbocycles. The summed E-state index contributed by atoms with van der Waals surface area (Å²) >= 11 is 1.36. The monoisotopic (exact) mass is 394 g/mol. The van der Waals surface area contributed by atoms with Crippen LogP contribution in [0.25, 0.3) is 5.69 Å². The Balaban J connectivity index is 1.50. The molecule has 1 atom stereocenters. The lowest BCUT2D eigenvalue weighted by molar-refractivity contribution is -0.115. The number of anilines is 1. The summed E-state index contributed by atoms with van der Waals surface area (Å²) in [6, 6.07) is 17.4. The molecule has 0 radical (unpaired) electrons. The molecule has 1 aliphatic rings. The zero-order chi connectivity index (χ0) is 19.5. The Kier molecular flexibility index (Phi) is 5.34. The third kappa shape index (κ3) is 4.04. The highest BCUT2D eigenvalue weighted by Gasteiger charge is 2.31. The molecular formula is C21H22N4O2S. The van der Waals surface area contributed by atoms with E-state index in [1.807, 2.05) is 66.2 Å². The Morgan fingerprint density at radius 3 is 2.61 bits per heavy atom. The second kappa shape index (κ2) is 8.06. The van der Waals surface area contributed by atoms with Gasteiger partial charge < -0.3 is 10.1 Å². The summed E-state index contributed by atoms with van der Waals surface area (Å²) in [5.41, 5.74) is 1.65. The van der Waals surface area contributed by atoms with E-state index in [-0.39, 0.29) is 11.2 Å². The van der Waals surface area contributed by atoms with Gasteiger partial charge in [-0.05, 0) is 44.0 Å². The average molecular weight is 395 g/mol. The topological polar surface area (TPSA) is 69.0 Å². The van der Waals surface area contributed by atoms with Gasteiger partial charge in [0.25, 0.3) is 0 Å². The van der Waals surface area contributed by atoms with Crippen LogP contribution >= 0.6 is 11.8 Å². The van der Waals surface area contributed by atoms with E-state index in [0.717, 1.165) is 24.4 Å². The first kappa shape index (κ1) is 18.6. The molecule has 1 heterocycles. The Hall–Kier alpha value is -2.80. The average Bonchev–Trinajstić information content (AvgIpc) is 3.49. The van der Waals surface area contributed by atoms with Crippen LogP contribution in [0.3, 0.4) is 0 Å². The molecule has 1 aliphatic carbocycles. The summed E-state index contributed by atoms with van der Waals surface area (Å²) in [7, 11) is 1.59. The molecule has 144 valence electrons. The van der Waals surface area contributed by atoms with Crippen molar-refractivity contribution >= 4 is 23.4 Å². The zero-order valence-corrected chi connectivity index (χ0v) is 16.6. The lowest BCUT2D eigenvalue weighted by Gasteiger charge is -2.12. The molecule has 6 nitrogen and oxygen atoms in total. The van der Waals surface area contributed by atoms with Crippen LogP contribution in [0.4, 0.5) is 5.69 Å². The van der Waals surface area contributed by atoms with Crippen LogP contribution in [-0.2, 0) is 4.79 Å². The highest BCUT2D eigenvalue weighted by atomic mass is 32.2. The predicted molar refractivity (Wildman–Crippen MR) is 110 cm³/mol. The number of thioether (sulfide) groups is 1. The highest BCUT2D eigenvalue weighted by Crippen LogP contribution is 2.40. The first-order valence-electron chi connectivity index (χ1n) is 9.28. The number of carbonyl (C=O) groups excluding carboxylic acids is 1. The zero-order valence-electron chi connectivity index (χ0n) is 15.8. The number of nitrogens with zero attached hydrogens (tertiary/aromatic N) is 3. The number of nitrogens with one attached hydrogen (secondary N) is 1. The van der Waals surface area contributed by atoms with Crippen molar-refractivity contribution in [1.82, 2.24) is 14.8 Å². The van der Waals surface area contributed by atoms with Crippen LogP contribution in [-0.4, -0.2) is 33.0 Å². The van der Waals surface area contributed by atoms with Crippen molar-refractivity contribution in [3.63, 3.8) is 0 Å². The van der Waals surface area contributed by atoms with Crippen molar-refractivity contribution in [3.05, 3.63) is 60.4 Å². The van der Waals surface area contributed by atoms with Crippen molar-refractivity contribution in [2.75, 3.05) is 12.4 Å². The third-order valence-electron chi connectivity index (χ3n) is 4.57. The van der Waals surface area contributed by atoms with Crippen LogP contribution in [0.15, 0.2) is 59.8 Å². The van der Waals surface area contributed by atoms with Gasteiger partial charge in [0.1, 0.15) is 11.6 Å². The minimum Gasteiger partial charge on any atom is -0.495 e. The number of aromatic nitrogens is 3. The van der Waals surface area contributed by atoms with E-state index in [1.165, 1.54) is 11.8 Å². The van der Waals surface area contributed by atoms with E-state index >= 15 is 0 Å². The Bertz CT molecular complexity index is 970. The number of benzene rings is 2. The van der Waals surface area contributed by atoms with Crippen LogP contribution in [0.1, 0.15) is 31.5 Å². The van der Waals surface area contributed by atoms with Crippen molar-refractivity contribution in [2.45, 2.75) is 36.1 Å². The van der Waals surface area contributed by atoms with Crippen molar-refractivity contribution < 1.29 is 9.53 Å². The van der Waals surface area contributed by atoms with Gasteiger partial charge in [-0.1, -0.05) is 42.1 Å². The number of ether oxygens (including phenoxy) is 1. The molecule has 0 aliphatic heterocycles. The van der Waals surface area contributed by atoms with Crippen molar-refractivity contribution in [3.8, 4) is 11.4 Å². The molecule has 1 amide bonds. The van der Waals surface area contributed by atoms with E-state index < -0.39 is 0 Å². The standard InChI is InChI=1S/C21H22N4O2S/c1-14(20(26)22-17-10-6-7-11-18(17)27-2)28-21-23-19(15-12-13-15)25(24-21)16-8-4-3-5-9-16/h3-11,14-15H,12-13H2,1-2H3,(H,22,26). The molecule has 7 heteroatoms. The van der Waals surface area contributed by atoms with Gasteiger partial charge in [0.15, 0.2) is 0 Å². The number of amides is 1. The smallest absolute Gasteiger partial charge is 0.237 e. The van der Waals surface area contributed by atoms with Crippen LogP contribution in [0, 0.1) is 0 Å². The molecule has 3 aromatic rings. The highest BCUT2D eigenvalue weighted by molar-refractivity contribution is 8.00. The first-order valence-corrected chi connectivity index (χ1v) is 10.2. The van der Waals surface area contributed by atoms with Crippen LogP contribution in [0.5, 0.6) is 5.75 Å². The molecule has 1 fully saturated rings. The molecule has 0 saturated heterocycles. The van der Waals surface area contributed by atoms with Gasteiger partial charge >= 0.3 is 0 Å². The number of carbonyl (C=O) groups is 1. The number of rotatable bonds is 7. The van der Waals surface area contributed by atoms with E-state index in [2.05, 4.69) is 10.4 Å². The maximum atomic E-state index is 12.6. The molecule has 0 spiro atoms. The number of para-hydroxylation sites is 3. The second-order valence-electron chi connectivity index (χ2n) is 6.72. The normalized spacial score (nSPS) is 14.5. The molecular weight excluding hydrogens is 372 g/mol. The maximum absolute atomic E-state index is 12.6. The van der Waals surface area contributed by atoms with Gasteiger partial charge in [-0.25, -0.2) is 9.67 Å². The van der Waals surface area contributed by atoms with Crippen LogP contribution < -0.4 is 10.1 Å². The summed E-state index contributed by atoms with van der Waals surface area (Å²) < 4.78 is 7.20. The van der Waals surface area contributed by atoms with Gasteiger partial charge in [0, 0.05) is 5.92 Å². The summed E-state index contributed by atoms with van der Waals surface area (Å²) in [5, 5.41) is 7.87. The van der Waals surface area contributed by atoms with Crippen molar-refractivity contribution in [2.24, 2.45) is 0 Å². The number of hydrogen-bond acceptors (Lipinski definition) is 5. The summed E-state index contributed by atoms with van der Waals surface area (Å²) in [6.45, 7) is 1.86. The molecule has 2 aromatic carbocycles. The lowest BCUT2D eigenvalue weighted by Crippen LogP contribution is -2.22. The Labute approximate surface area is 168 Å². The molecule has 28 heavy (non-hydrogen) atoms. The fourth-order valence-electron chi connectivity index (χ4n) is 2.91. The molecule has 1 aromatic heterocycles. The molecule has 0 bridgehead atoms. The minimum atomic E-state index is -0.344. The van der Waals surface area contributed by atoms with Gasteiger partial charge in [0.05, 0.1) is 23.7 Å². The maximum Gasteiger partial charge on any atom is 0.237 e. The van der Waals surface area contributed by atoms with E-state index in [9.17, 15) is 4.79 Å². The third-order valence-corrected chi connectivity index (χ3v) is 5.52. The first-order chi connectivity index (χ1) is 13.7. The lowest BCUT2D eigenvalue weighted by atomic mass is 10.3. The molecule has 1 unspecified atom stereocenters. The molecule has 4 rings (SSSR count). The van der Waals surface area contributed by atoms with Gasteiger partial charge in [-0.15, -0.1) is 5.10 Å².